The van der Waals surface area contributed by atoms with Crippen LogP contribution in [-0.4, -0.2) is 31.3 Å². The average molecular weight is 516 g/mol. The van der Waals surface area contributed by atoms with Crippen molar-refractivity contribution in [2.24, 2.45) is 5.10 Å². The molecule has 1 amide bonds. The number of hydrogen-bond acceptors (Lipinski definition) is 5. The van der Waals surface area contributed by atoms with Gasteiger partial charge in [-0.25, -0.2) is 10.2 Å². The molecule has 0 aliphatic heterocycles. The predicted octanol–water partition coefficient (Wildman–Crippen LogP) is 2.31. The lowest BCUT2D eigenvalue weighted by Gasteiger charge is -2.10. The minimum absolute atomic E-state index is 0.126. The highest BCUT2D eigenvalue weighted by atomic mass is 127. The fourth-order valence-electron chi connectivity index (χ4n) is 1.32. The molecule has 0 aliphatic rings. The van der Waals surface area contributed by atoms with E-state index in [2.05, 4.69) is 55.7 Å². The van der Waals surface area contributed by atoms with Gasteiger partial charge in [0, 0.05) is 6.92 Å². The van der Waals surface area contributed by atoms with Crippen molar-refractivity contribution in [3.8, 4) is 5.75 Å². The standard InChI is InChI=1S/C13H14I2N2O4/c1-3-20-12(19)7-21-13-10(14)4-9(5-11(13)15)6-16-17-8(2)18/h4-6H,3,7H2,1-2H3,(H,17,18)/b16-6-. The molecule has 1 N–H and O–H groups in total. The van der Waals surface area contributed by atoms with Crippen LogP contribution in [0.1, 0.15) is 19.4 Å². The van der Waals surface area contributed by atoms with E-state index in [-0.39, 0.29) is 12.5 Å². The zero-order valence-corrected chi connectivity index (χ0v) is 15.8. The first kappa shape index (κ1) is 18.1. The van der Waals surface area contributed by atoms with E-state index >= 15 is 0 Å². The summed E-state index contributed by atoms with van der Waals surface area (Å²) in [6, 6.07) is 3.68. The van der Waals surface area contributed by atoms with Crippen LogP contribution in [-0.2, 0) is 14.3 Å². The highest BCUT2D eigenvalue weighted by Gasteiger charge is 2.11. The van der Waals surface area contributed by atoms with Crippen molar-refractivity contribution in [3.63, 3.8) is 0 Å². The molecule has 0 spiro atoms. The molecule has 1 rings (SSSR count). The number of nitrogens with one attached hydrogen (secondary N) is 1. The molecule has 0 radical (unpaired) electrons. The summed E-state index contributed by atoms with van der Waals surface area (Å²) in [6.07, 6.45) is 1.54. The van der Waals surface area contributed by atoms with Gasteiger partial charge >= 0.3 is 5.97 Å². The number of amides is 1. The lowest BCUT2D eigenvalue weighted by molar-refractivity contribution is -0.145. The maximum Gasteiger partial charge on any atom is 0.344 e. The first-order valence-electron chi connectivity index (χ1n) is 6.01. The van der Waals surface area contributed by atoms with Gasteiger partial charge in [0.25, 0.3) is 0 Å². The van der Waals surface area contributed by atoms with Gasteiger partial charge in [-0.3, -0.25) is 4.79 Å². The fourth-order valence-corrected chi connectivity index (χ4v) is 3.45. The van der Waals surface area contributed by atoms with Crippen LogP contribution in [0.15, 0.2) is 17.2 Å². The number of hydrogen-bond donors (Lipinski definition) is 1. The fraction of sp³-hybridized carbons (Fsp3) is 0.308. The number of ether oxygens (including phenoxy) is 2. The molecule has 0 bridgehead atoms. The molecule has 0 saturated heterocycles. The van der Waals surface area contributed by atoms with Gasteiger partial charge in [-0.2, -0.15) is 5.10 Å². The Morgan fingerprint density at radius 2 is 1.95 bits per heavy atom. The molecule has 0 aromatic heterocycles. The van der Waals surface area contributed by atoms with Gasteiger partial charge < -0.3 is 9.47 Å². The van der Waals surface area contributed by atoms with Gasteiger partial charge in [0.2, 0.25) is 5.91 Å². The monoisotopic (exact) mass is 516 g/mol. The van der Waals surface area contributed by atoms with E-state index in [9.17, 15) is 9.59 Å². The van der Waals surface area contributed by atoms with Gasteiger partial charge in [-0.05, 0) is 69.8 Å². The molecule has 21 heavy (non-hydrogen) atoms. The van der Waals surface area contributed by atoms with E-state index in [0.717, 1.165) is 12.7 Å². The van der Waals surface area contributed by atoms with Crippen molar-refractivity contribution in [2.45, 2.75) is 13.8 Å². The quantitative estimate of drug-likeness (QED) is 0.273. The summed E-state index contributed by atoms with van der Waals surface area (Å²) < 4.78 is 12.0. The minimum atomic E-state index is -0.402. The first-order valence-corrected chi connectivity index (χ1v) is 8.17. The lowest BCUT2D eigenvalue weighted by atomic mass is 10.2. The third-order valence-electron chi connectivity index (χ3n) is 2.10. The van der Waals surface area contributed by atoms with Crippen LogP contribution >= 0.6 is 45.2 Å². The number of halogens is 2. The molecule has 8 heteroatoms. The first-order chi connectivity index (χ1) is 9.93. The number of carbonyl (C=O) groups is 2. The summed E-state index contributed by atoms with van der Waals surface area (Å²) in [5.41, 5.74) is 3.16. The molecular formula is C13H14I2N2O4. The number of nitrogens with zero attached hydrogens (tertiary/aromatic N) is 1. The van der Waals surface area contributed by atoms with Crippen molar-refractivity contribution >= 4 is 63.3 Å². The summed E-state index contributed by atoms with van der Waals surface area (Å²) in [7, 11) is 0. The topological polar surface area (TPSA) is 77.0 Å². The third kappa shape index (κ3) is 6.59. The van der Waals surface area contributed by atoms with E-state index in [1.54, 1.807) is 13.1 Å². The maximum atomic E-state index is 11.3. The zero-order chi connectivity index (χ0) is 15.8. The van der Waals surface area contributed by atoms with Crippen molar-refractivity contribution in [3.05, 3.63) is 24.8 Å². The molecule has 1 aromatic carbocycles. The van der Waals surface area contributed by atoms with Crippen LogP contribution in [0.5, 0.6) is 5.75 Å². The summed E-state index contributed by atoms with van der Waals surface area (Å²) in [5, 5.41) is 3.81. The summed E-state index contributed by atoms with van der Waals surface area (Å²) in [6.45, 7) is 3.33. The predicted molar refractivity (Wildman–Crippen MR) is 95.4 cm³/mol. The Kier molecular flexibility index (Phi) is 7.93. The van der Waals surface area contributed by atoms with Gasteiger partial charge in [-0.15, -0.1) is 0 Å². The average Bonchev–Trinajstić information content (AvgIpc) is 2.37. The van der Waals surface area contributed by atoms with Crippen LogP contribution in [0.25, 0.3) is 0 Å². The highest BCUT2D eigenvalue weighted by molar-refractivity contribution is 14.1. The molecule has 0 saturated carbocycles. The van der Waals surface area contributed by atoms with Crippen LogP contribution in [0.2, 0.25) is 0 Å². The number of rotatable bonds is 6. The Labute approximate surface area is 149 Å². The van der Waals surface area contributed by atoms with E-state index in [1.165, 1.54) is 6.92 Å². The molecule has 0 fully saturated rings. The number of hydrazone groups is 1. The summed E-state index contributed by atoms with van der Waals surface area (Å²) >= 11 is 4.23. The number of esters is 1. The summed E-state index contributed by atoms with van der Waals surface area (Å²) in [4.78, 5) is 22.0. The van der Waals surface area contributed by atoms with Crippen molar-refractivity contribution in [1.82, 2.24) is 5.43 Å². The van der Waals surface area contributed by atoms with Crippen molar-refractivity contribution in [2.75, 3.05) is 13.2 Å². The molecule has 0 unspecified atom stereocenters. The second-order valence-corrected chi connectivity index (χ2v) is 6.16. The zero-order valence-electron chi connectivity index (χ0n) is 11.5. The lowest BCUT2D eigenvalue weighted by Crippen LogP contribution is -2.15. The molecule has 114 valence electrons. The van der Waals surface area contributed by atoms with Crippen LogP contribution < -0.4 is 10.2 Å². The van der Waals surface area contributed by atoms with Gasteiger partial charge in [0.05, 0.1) is 20.0 Å². The number of benzene rings is 1. The van der Waals surface area contributed by atoms with E-state index in [1.807, 2.05) is 12.1 Å². The second kappa shape index (κ2) is 9.18. The van der Waals surface area contributed by atoms with Gasteiger partial charge in [0.1, 0.15) is 5.75 Å². The van der Waals surface area contributed by atoms with E-state index < -0.39 is 5.97 Å². The van der Waals surface area contributed by atoms with Crippen LogP contribution in [0, 0.1) is 7.14 Å². The molecule has 0 heterocycles. The normalized spacial score (nSPS) is 10.5. The Hall–Kier alpha value is -0.910. The van der Waals surface area contributed by atoms with Gasteiger partial charge in [0.15, 0.2) is 6.61 Å². The minimum Gasteiger partial charge on any atom is -0.480 e. The molecule has 0 atom stereocenters. The Bertz CT molecular complexity index is 538. The van der Waals surface area contributed by atoms with Crippen molar-refractivity contribution < 1.29 is 19.1 Å². The molecule has 6 nitrogen and oxygen atoms in total. The Balaban J connectivity index is 2.77. The SMILES string of the molecule is CCOC(=O)COc1c(I)cc(/C=N\NC(C)=O)cc1I. The van der Waals surface area contributed by atoms with Crippen molar-refractivity contribution in [1.29, 1.82) is 0 Å². The van der Waals surface area contributed by atoms with Crippen LogP contribution in [0.3, 0.4) is 0 Å². The maximum absolute atomic E-state index is 11.3. The second-order valence-electron chi connectivity index (χ2n) is 3.83. The highest BCUT2D eigenvalue weighted by Crippen LogP contribution is 2.28. The molecular weight excluding hydrogens is 502 g/mol. The smallest absolute Gasteiger partial charge is 0.344 e. The third-order valence-corrected chi connectivity index (χ3v) is 3.70. The van der Waals surface area contributed by atoms with E-state index in [4.69, 9.17) is 9.47 Å². The Morgan fingerprint density at radius 3 is 2.48 bits per heavy atom. The van der Waals surface area contributed by atoms with E-state index in [0.29, 0.717) is 12.4 Å². The molecule has 1 aromatic rings. The largest absolute Gasteiger partial charge is 0.480 e. The molecule has 0 aliphatic carbocycles. The van der Waals surface area contributed by atoms with Gasteiger partial charge in [-0.1, -0.05) is 0 Å². The summed E-state index contributed by atoms with van der Waals surface area (Å²) in [5.74, 6) is -0.00800. The van der Waals surface area contributed by atoms with Crippen LogP contribution in [0.4, 0.5) is 0 Å². The number of carbonyl (C=O) groups excluding carboxylic acids is 2. The Morgan fingerprint density at radius 1 is 1.33 bits per heavy atom.